The number of benzene rings is 1. The molecule has 2 unspecified atom stereocenters. The van der Waals surface area contributed by atoms with Crippen molar-refractivity contribution < 1.29 is 28.6 Å². The van der Waals surface area contributed by atoms with Crippen molar-refractivity contribution in [1.82, 2.24) is 4.57 Å². The zero-order chi connectivity index (χ0) is 18.4. The standard InChI is InChI=1S/C18H16FNO5/c1-10-9-20-13(15(21)11-5-3-4-6-12(11)19)7-8-14(20)18(10,2)16(22)25-17(23)24/h3-8,10H,9H2,1-2H3,(H,23,24). The fourth-order valence-electron chi connectivity index (χ4n) is 3.30. The first-order chi connectivity index (χ1) is 11.8. The third-order valence-corrected chi connectivity index (χ3v) is 4.91. The van der Waals surface area contributed by atoms with E-state index in [0.717, 1.165) is 0 Å². The van der Waals surface area contributed by atoms with E-state index in [1.54, 1.807) is 30.5 Å². The fourth-order valence-corrected chi connectivity index (χ4v) is 3.30. The number of ketones is 1. The molecular weight excluding hydrogens is 329 g/mol. The first-order valence-corrected chi connectivity index (χ1v) is 7.71. The average Bonchev–Trinajstić information content (AvgIpc) is 3.06. The number of hydrogen-bond acceptors (Lipinski definition) is 4. The van der Waals surface area contributed by atoms with Crippen LogP contribution in [-0.4, -0.2) is 27.6 Å². The number of carbonyl (C=O) groups excluding carboxylic acids is 2. The van der Waals surface area contributed by atoms with Gasteiger partial charge in [-0.25, -0.2) is 9.18 Å². The highest BCUT2D eigenvalue weighted by atomic mass is 19.1. The number of aromatic nitrogens is 1. The van der Waals surface area contributed by atoms with Crippen LogP contribution < -0.4 is 0 Å². The normalized spacial score (nSPS) is 21.6. The Morgan fingerprint density at radius 3 is 2.56 bits per heavy atom. The average molecular weight is 345 g/mol. The van der Waals surface area contributed by atoms with Crippen LogP contribution in [0.3, 0.4) is 0 Å². The van der Waals surface area contributed by atoms with Gasteiger partial charge < -0.3 is 14.4 Å². The third-order valence-electron chi connectivity index (χ3n) is 4.91. The predicted octanol–water partition coefficient (Wildman–Crippen LogP) is 2.99. The second-order valence-corrected chi connectivity index (χ2v) is 6.28. The number of hydrogen-bond donors (Lipinski definition) is 1. The summed E-state index contributed by atoms with van der Waals surface area (Å²) < 4.78 is 19.9. The van der Waals surface area contributed by atoms with Crippen molar-refractivity contribution in [1.29, 1.82) is 0 Å². The summed E-state index contributed by atoms with van der Waals surface area (Å²) in [6.07, 6.45) is -1.67. The lowest BCUT2D eigenvalue weighted by Crippen LogP contribution is -2.38. The molecule has 2 aromatic rings. The maximum Gasteiger partial charge on any atom is 0.513 e. The van der Waals surface area contributed by atoms with Crippen molar-refractivity contribution in [3.63, 3.8) is 0 Å². The van der Waals surface area contributed by atoms with Crippen LogP contribution in [0.2, 0.25) is 0 Å². The van der Waals surface area contributed by atoms with Crippen LogP contribution in [0.5, 0.6) is 0 Å². The van der Waals surface area contributed by atoms with E-state index in [1.807, 2.05) is 0 Å². The number of carboxylic acid groups (broad SMARTS) is 1. The summed E-state index contributed by atoms with van der Waals surface area (Å²) in [6, 6.07) is 8.77. The van der Waals surface area contributed by atoms with Crippen LogP contribution >= 0.6 is 0 Å². The van der Waals surface area contributed by atoms with Gasteiger partial charge in [-0.3, -0.25) is 9.59 Å². The van der Waals surface area contributed by atoms with Crippen LogP contribution in [0.25, 0.3) is 0 Å². The van der Waals surface area contributed by atoms with Gasteiger partial charge in [0.05, 0.1) is 11.3 Å². The Labute approximate surface area is 142 Å². The Morgan fingerprint density at radius 2 is 1.92 bits per heavy atom. The summed E-state index contributed by atoms with van der Waals surface area (Å²) in [6.45, 7) is 3.68. The van der Waals surface area contributed by atoms with Gasteiger partial charge in [0.1, 0.15) is 11.2 Å². The quantitative estimate of drug-likeness (QED) is 0.525. The molecule has 1 aliphatic heterocycles. The summed E-state index contributed by atoms with van der Waals surface area (Å²) in [7, 11) is 0. The molecule has 6 nitrogen and oxygen atoms in total. The first-order valence-electron chi connectivity index (χ1n) is 7.71. The highest BCUT2D eigenvalue weighted by Gasteiger charge is 2.50. The molecule has 2 atom stereocenters. The van der Waals surface area contributed by atoms with E-state index in [2.05, 4.69) is 4.74 Å². The Kier molecular flexibility index (Phi) is 3.94. The second kappa shape index (κ2) is 5.84. The zero-order valence-electron chi connectivity index (χ0n) is 13.7. The van der Waals surface area contributed by atoms with E-state index in [9.17, 15) is 18.8 Å². The SMILES string of the molecule is CC1Cn2c(C(=O)c3ccccc3F)ccc2C1(C)C(=O)OC(=O)O. The molecule has 7 heteroatoms. The number of rotatable bonds is 3. The lowest BCUT2D eigenvalue weighted by atomic mass is 9.78. The van der Waals surface area contributed by atoms with Crippen LogP contribution in [0.15, 0.2) is 36.4 Å². The number of carbonyl (C=O) groups is 3. The Hall–Kier alpha value is -2.96. The summed E-state index contributed by atoms with van der Waals surface area (Å²) >= 11 is 0. The minimum Gasteiger partial charge on any atom is -0.449 e. The Bertz CT molecular complexity index is 887. The van der Waals surface area contributed by atoms with E-state index in [1.165, 1.54) is 24.3 Å². The van der Waals surface area contributed by atoms with Crippen LogP contribution in [0.1, 0.15) is 35.6 Å². The molecule has 0 spiro atoms. The molecule has 1 aromatic carbocycles. The molecule has 0 saturated heterocycles. The predicted molar refractivity (Wildman–Crippen MR) is 84.9 cm³/mol. The summed E-state index contributed by atoms with van der Waals surface area (Å²) in [5.41, 5.74) is -0.533. The molecule has 0 fully saturated rings. The van der Waals surface area contributed by atoms with Crippen molar-refractivity contribution in [3.05, 3.63) is 59.2 Å². The van der Waals surface area contributed by atoms with E-state index < -0.39 is 29.1 Å². The van der Waals surface area contributed by atoms with Crippen LogP contribution in [0, 0.1) is 11.7 Å². The van der Waals surface area contributed by atoms with Gasteiger partial charge in [-0.15, -0.1) is 0 Å². The number of fused-ring (bicyclic) bond motifs is 1. The van der Waals surface area contributed by atoms with Crippen molar-refractivity contribution >= 4 is 17.9 Å². The molecule has 25 heavy (non-hydrogen) atoms. The lowest BCUT2D eigenvalue weighted by Gasteiger charge is -2.24. The zero-order valence-corrected chi connectivity index (χ0v) is 13.7. The molecule has 0 radical (unpaired) electrons. The monoisotopic (exact) mass is 345 g/mol. The smallest absolute Gasteiger partial charge is 0.449 e. The summed E-state index contributed by atoms with van der Waals surface area (Å²) in [5.74, 6) is -2.30. The minimum atomic E-state index is -1.67. The van der Waals surface area contributed by atoms with Crippen LogP contribution in [-0.2, 0) is 21.5 Å². The van der Waals surface area contributed by atoms with Crippen LogP contribution in [0.4, 0.5) is 9.18 Å². The summed E-state index contributed by atoms with van der Waals surface area (Å²) in [4.78, 5) is 35.7. The first kappa shape index (κ1) is 16.9. The van der Waals surface area contributed by atoms with Gasteiger partial charge in [-0.2, -0.15) is 0 Å². The van der Waals surface area contributed by atoms with Crippen molar-refractivity contribution in [3.8, 4) is 0 Å². The maximum absolute atomic E-state index is 13.9. The van der Waals surface area contributed by atoms with Crippen molar-refractivity contribution in [2.75, 3.05) is 0 Å². The van der Waals surface area contributed by atoms with Gasteiger partial charge in [-0.1, -0.05) is 19.1 Å². The molecule has 1 aliphatic rings. The van der Waals surface area contributed by atoms with Gasteiger partial charge in [0.25, 0.3) is 0 Å². The molecule has 130 valence electrons. The molecule has 2 heterocycles. The molecule has 0 bridgehead atoms. The highest BCUT2D eigenvalue weighted by molar-refractivity contribution is 6.08. The molecule has 3 rings (SSSR count). The molecular formula is C18H16FNO5. The third kappa shape index (κ3) is 2.52. The maximum atomic E-state index is 13.9. The second-order valence-electron chi connectivity index (χ2n) is 6.28. The Morgan fingerprint density at radius 1 is 1.24 bits per heavy atom. The van der Waals surface area contributed by atoms with Gasteiger partial charge in [0, 0.05) is 12.2 Å². The Balaban J connectivity index is 2.03. The highest BCUT2D eigenvalue weighted by Crippen LogP contribution is 2.42. The molecule has 1 aromatic heterocycles. The van der Waals surface area contributed by atoms with E-state index in [4.69, 9.17) is 5.11 Å². The van der Waals surface area contributed by atoms with Gasteiger partial charge >= 0.3 is 12.1 Å². The molecule has 0 aliphatic carbocycles. The van der Waals surface area contributed by atoms with Gasteiger partial charge in [0.2, 0.25) is 5.78 Å². The van der Waals surface area contributed by atoms with E-state index in [0.29, 0.717) is 12.2 Å². The number of ether oxygens (including phenoxy) is 1. The minimum absolute atomic E-state index is 0.0576. The number of esters is 1. The van der Waals surface area contributed by atoms with E-state index >= 15 is 0 Å². The molecule has 1 N–H and O–H groups in total. The topological polar surface area (TPSA) is 85.6 Å². The number of nitrogens with zero attached hydrogens (tertiary/aromatic N) is 1. The van der Waals surface area contributed by atoms with Crippen molar-refractivity contribution in [2.45, 2.75) is 25.8 Å². The molecule has 0 amide bonds. The number of halogens is 1. The molecule has 0 saturated carbocycles. The van der Waals surface area contributed by atoms with Crippen molar-refractivity contribution in [2.24, 2.45) is 5.92 Å². The van der Waals surface area contributed by atoms with Gasteiger partial charge in [0.15, 0.2) is 0 Å². The largest absolute Gasteiger partial charge is 0.513 e. The van der Waals surface area contributed by atoms with Gasteiger partial charge in [-0.05, 0) is 37.1 Å². The van der Waals surface area contributed by atoms with E-state index in [-0.39, 0.29) is 17.2 Å². The summed E-state index contributed by atoms with van der Waals surface area (Å²) in [5, 5.41) is 8.72. The lowest BCUT2D eigenvalue weighted by molar-refractivity contribution is -0.146. The fraction of sp³-hybridized carbons (Fsp3) is 0.278.